The Morgan fingerprint density at radius 1 is 1.35 bits per heavy atom. The Morgan fingerprint density at radius 2 is 2.00 bits per heavy atom. The van der Waals surface area contributed by atoms with Gasteiger partial charge in [-0.25, -0.2) is 13.1 Å². The lowest BCUT2D eigenvalue weighted by molar-refractivity contribution is -0.133. The Bertz CT molecular complexity index is 496. The van der Waals surface area contributed by atoms with Crippen molar-refractivity contribution in [2.24, 2.45) is 0 Å². The minimum atomic E-state index is -3.37. The third-order valence-corrected chi connectivity index (χ3v) is 3.48. The fourth-order valence-electron chi connectivity index (χ4n) is 1.10. The Hall–Kier alpha value is -1.40. The zero-order valence-electron chi connectivity index (χ0n) is 9.76. The van der Waals surface area contributed by atoms with Crippen molar-refractivity contribution in [3.63, 3.8) is 0 Å². The van der Waals surface area contributed by atoms with Crippen LogP contribution in [0.3, 0.4) is 0 Å². The number of sulfonamides is 1. The number of benzene rings is 1. The van der Waals surface area contributed by atoms with Crippen LogP contribution in [0, 0.1) is 6.92 Å². The Morgan fingerprint density at radius 3 is 2.59 bits per heavy atom. The molecule has 0 fully saturated rings. The van der Waals surface area contributed by atoms with E-state index in [4.69, 9.17) is 4.74 Å². The lowest BCUT2D eigenvalue weighted by atomic mass is 10.2. The third kappa shape index (κ3) is 4.54. The maximum absolute atomic E-state index is 11.4. The number of carbonyl (C=O) groups excluding carboxylic acids is 1. The molecular weight excluding hydrogens is 242 g/mol. The van der Waals surface area contributed by atoms with Crippen LogP contribution in [0.15, 0.2) is 24.3 Å². The van der Waals surface area contributed by atoms with Gasteiger partial charge in [0.1, 0.15) is 12.3 Å². The van der Waals surface area contributed by atoms with Gasteiger partial charge in [-0.15, -0.1) is 0 Å². The molecule has 0 unspecified atom stereocenters. The molecule has 94 valence electrons. The number of hydrogen-bond donors (Lipinski definition) is 1. The molecule has 17 heavy (non-hydrogen) atoms. The molecule has 0 atom stereocenters. The largest absolute Gasteiger partial charge is 0.425 e. The highest BCUT2D eigenvalue weighted by Crippen LogP contribution is 2.15. The SMILES string of the molecule is CCS(=O)(=O)NCC(=O)Oc1ccccc1C. The number of ether oxygens (including phenoxy) is 1. The van der Waals surface area contributed by atoms with E-state index in [0.29, 0.717) is 5.75 Å². The number of esters is 1. The van der Waals surface area contributed by atoms with Crippen molar-refractivity contribution in [1.29, 1.82) is 0 Å². The van der Waals surface area contributed by atoms with E-state index in [0.717, 1.165) is 5.56 Å². The van der Waals surface area contributed by atoms with E-state index in [9.17, 15) is 13.2 Å². The van der Waals surface area contributed by atoms with Crippen molar-refractivity contribution in [2.45, 2.75) is 13.8 Å². The predicted octanol–water partition coefficient (Wildman–Crippen LogP) is 0.840. The molecule has 0 saturated heterocycles. The summed E-state index contributed by atoms with van der Waals surface area (Å²) in [5.41, 5.74) is 0.819. The topological polar surface area (TPSA) is 72.5 Å². The number of nitrogens with one attached hydrogen (secondary N) is 1. The quantitative estimate of drug-likeness (QED) is 0.626. The molecule has 0 aromatic heterocycles. The third-order valence-electron chi connectivity index (χ3n) is 2.13. The van der Waals surface area contributed by atoms with Crippen LogP contribution in [0.25, 0.3) is 0 Å². The van der Waals surface area contributed by atoms with Crippen LogP contribution in [0.2, 0.25) is 0 Å². The van der Waals surface area contributed by atoms with Gasteiger partial charge in [-0.3, -0.25) is 4.79 Å². The van der Waals surface area contributed by atoms with Gasteiger partial charge in [-0.2, -0.15) is 0 Å². The summed E-state index contributed by atoms with van der Waals surface area (Å²) >= 11 is 0. The minimum Gasteiger partial charge on any atom is -0.425 e. The fourth-order valence-corrected chi connectivity index (χ4v) is 1.64. The number of aryl methyl sites for hydroxylation is 1. The number of carbonyl (C=O) groups is 1. The van der Waals surface area contributed by atoms with Crippen LogP contribution >= 0.6 is 0 Å². The first-order valence-corrected chi connectivity index (χ1v) is 6.83. The van der Waals surface area contributed by atoms with Crippen molar-refractivity contribution in [3.05, 3.63) is 29.8 Å². The van der Waals surface area contributed by atoms with Gasteiger partial charge in [0.05, 0.1) is 5.75 Å². The smallest absolute Gasteiger partial charge is 0.326 e. The van der Waals surface area contributed by atoms with Gasteiger partial charge >= 0.3 is 5.97 Å². The van der Waals surface area contributed by atoms with Crippen molar-refractivity contribution in [3.8, 4) is 5.75 Å². The van der Waals surface area contributed by atoms with Gasteiger partial charge in [0, 0.05) is 0 Å². The van der Waals surface area contributed by atoms with E-state index in [1.165, 1.54) is 6.92 Å². The molecule has 0 bridgehead atoms. The first-order chi connectivity index (χ1) is 7.94. The van der Waals surface area contributed by atoms with Gasteiger partial charge < -0.3 is 4.74 Å². The molecular formula is C11H15NO4S. The van der Waals surface area contributed by atoms with E-state index in [1.807, 2.05) is 6.07 Å². The Labute approximate surface area is 101 Å². The number of hydrogen-bond acceptors (Lipinski definition) is 4. The van der Waals surface area contributed by atoms with Gasteiger partial charge in [-0.1, -0.05) is 18.2 Å². The first kappa shape index (κ1) is 13.7. The molecule has 0 radical (unpaired) electrons. The first-order valence-electron chi connectivity index (χ1n) is 5.18. The van der Waals surface area contributed by atoms with Crippen LogP contribution in [0.1, 0.15) is 12.5 Å². The highest BCUT2D eigenvalue weighted by molar-refractivity contribution is 7.89. The lowest BCUT2D eigenvalue weighted by Crippen LogP contribution is -2.33. The molecule has 0 amide bonds. The van der Waals surface area contributed by atoms with Gasteiger partial charge in [0.2, 0.25) is 10.0 Å². The zero-order chi connectivity index (χ0) is 12.9. The summed E-state index contributed by atoms with van der Waals surface area (Å²) in [5.74, 6) is -0.255. The van der Waals surface area contributed by atoms with Crippen LogP contribution in [0.5, 0.6) is 5.75 Å². The summed E-state index contributed by atoms with van der Waals surface area (Å²) in [7, 11) is -3.37. The van der Waals surface area contributed by atoms with Crippen LogP contribution in [0.4, 0.5) is 0 Å². The summed E-state index contributed by atoms with van der Waals surface area (Å²) in [5, 5.41) is 0. The second kappa shape index (κ2) is 5.79. The highest BCUT2D eigenvalue weighted by atomic mass is 32.2. The monoisotopic (exact) mass is 257 g/mol. The summed E-state index contributed by atoms with van der Waals surface area (Å²) < 4.78 is 29.4. The molecule has 5 nitrogen and oxygen atoms in total. The number of rotatable bonds is 5. The summed E-state index contributed by atoms with van der Waals surface area (Å²) in [6, 6.07) is 7.03. The Kier molecular flexibility index (Phi) is 4.65. The standard InChI is InChI=1S/C11H15NO4S/c1-3-17(14,15)12-8-11(13)16-10-7-5-4-6-9(10)2/h4-7,12H,3,8H2,1-2H3. The van der Waals surface area contributed by atoms with E-state index in [1.54, 1.807) is 25.1 Å². The molecule has 0 heterocycles. The maximum atomic E-state index is 11.4. The van der Waals surface area contributed by atoms with Crippen molar-refractivity contribution in [2.75, 3.05) is 12.3 Å². The van der Waals surface area contributed by atoms with Gasteiger partial charge in [0.15, 0.2) is 0 Å². The van der Waals surface area contributed by atoms with Crippen molar-refractivity contribution in [1.82, 2.24) is 4.72 Å². The van der Waals surface area contributed by atoms with Crippen molar-refractivity contribution < 1.29 is 17.9 Å². The molecule has 6 heteroatoms. The highest BCUT2D eigenvalue weighted by Gasteiger charge is 2.11. The maximum Gasteiger partial charge on any atom is 0.326 e. The second-order valence-electron chi connectivity index (χ2n) is 3.46. The molecule has 0 saturated carbocycles. The van der Waals surface area contributed by atoms with Gasteiger partial charge in [0.25, 0.3) is 0 Å². The molecule has 1 aromatic rings. The lowest BCUT2D eigenvalue weighted by Gasteiger charge is -2.07. The fraction of sp³-hybridized carbons (Fsp3) is 0.364. The molecule has 1 aromatic carbocycles. The zero-order valence-corrected chi connectivity index (χ0v) is 10.6. The van der Waals surface area contributed by atoms with E-state index in [2.05, 4.69) is 4.72 Å². The molecule has 0 spiro atoms. The average molecular weight is 257 g/mol. The summed E-state index contributed by atoms with van der Waals surface area (Å²) in [6.45, 7) is 2.94. The van der Waals surface area contributed by atoms with Crippen molar-refractivity contribution >= 4 is 16.0 Å². The van der Waals surface area contributed by atoms with Crippen LogP contribution in [-0.4, -0.2) is 26.7 Å². The van der Waals surface area contributed by atoms with Crippen LogP contribution in [-0.2, 0) is 14.8 Å². The van der Waals surface area contributed by atoms with E-state index in [-0.39, 0.29) is 12.3 Å². The minimum absolute atomic E-state index is 0.0648. The molecule has 0 aliphatic carbocycles. The van der Waals surface area contributed by atoms with Gasteiger partial charge in [-0.05, 0) is 25.5 Å². The molecule has 1 N–H and O–H groups in total. The molecule has 1 rings (SSSR count). The van der Waals surface area contributed by atoms with Crippen LogP contribution < -0.4 is 9.46 Å². The summed E-state index contributed by atoms with van der Waals surface area (Å²) in [4.78, 5) is 11.4. The van der Waals surface area contributed by atoms with E-state index < -0.39 is 16.0 Å². The average Bonchev–Trinajstić information content (AvgIpc) is 2.30. The normalized spacial score (nSPS) is 11.2. The molecule has 0 aliphatic heterocycles. The Balaban J connectivity index is 2.54. The summed E-state index contributed by atoms with van der Waals surface area (Å²) in [6.07, 6.45) is 0. The molecule has 0 aliphatic rings. The predicted molar refractivity (Wildman–Crippen MR) is 64.3 cm³/mol. The van der Waals surface area contributed by atoms with E-state index >= 15 is 0 Å². The second-order valence-corrected chi connectivity index (χ2v) is 5.56. The number of para-hydroxylation sites is 1.